The van der Waals surface area contributed by atoms with Gasteiger partial charge in [-0.15, -0.1) is 10.2 Å². The Morgan fingerprint density at radius 1 is 1.21 bits per heavy atom. The fourth-order valence-electron chi connectivity index (χ4n) is 3.10. The molecule has 2 aromatic carbocycles. The van der Waals surface area contributed by atoms with E-state index >= 15 is 0 Å². The fraction of sp³-hybridized carbons (Fsp3) is 0.238. The number of nitrogens with zero attached hydrogens (tertiary/aromatic N) is 4. The Labute approximate surface area is 171 Å². The summed E-state index contributed by atoms with van der Waals surface area (Å²) in [6.45, 7) is 5.95. The van der Waals surface area contributed by atoms with Crippen molar-refractivity contribution >= 4 is 40.0 Å². The second kappa shape index (κ2) is 7.79. The van der Waals surface area contributed by atoms with Crippen molar-refractivity contribution in [2.45, 2.75) is 31.7 Å². The van der Waals surface area contributed by atoms with E-state index in [1.54, 1.807) is 6.07 Å². The molecule has 6 nitrogen and oxygen atoms in total. The fourth-order valence-corrected chi connectivity index (χ4v) is 3.86. The number of benzene rings is 2. The number of rotatable bonds is 5. The predicted octanol–water partition coefficient (Wildman–Crippen LogP) is 4.58. The molecule has 0 aliphatic carbocycles. The minimum Gasteiger partial charge on any atom is -0.325 e. The Bertz CT molecular complexity index is 1220. The van der Waals surface area contributed by atoms with Crippen molar-refractivity contribution in [1.82, 2.24) is 19.6 Å². The number of nitrogens with one attached hydrogen (secondary N) is 1. The SMILES string of the molecule is Cc1ccc(F)cc1NC(=O)CSc1nc2ccccc2n2c(C(C)C)nnc12. The molecule has 0 aliphatic rings. The number of hydrogen-bond acceptors (Lipinski definition) is 5. The third-order valence-electron chi connectivity index (χ3n) is 4.55. The number of carbonyl (C=O) groups excluding carboxylic acids is 1. The van der Waals surface area contributed by atoms with Gasteiger partial charge in [-0.25, -0.2) is 9.37 Å². The highest BCUT2D eigenvalue weighted by Gasteiger charge is 2.18. The lowest BCUT2D eigenvalue weighted by Gasteiger charge is -2.10. The third-order valence-corrected chi connectivity index (χ3v) is 5.51. The van der Waals surface area contributed by atoms with Crippen LogP contribution in [0.1, 0.15) is 31.2 Å². The number of fused-ring (bicyclic) bond motifs is 3. The maximum atomic E-state index is 13.5. The number of thioether (sulfide) groups is 1. The molecule has 0 atom stereocenters. The van der Waals surface area contributed by atoms with Crippen LogP contribution in [0, 0.1) is 12.7 Å². The van der Waals surface area contributed by atoms with Gasteiger partial charge < -0.3 is 5.32 Å². The minimum absolute atomic E-state index is 0.126. The standard InChI is InChI=1S/C21H20FN5OS/c1-12(2)19-25-26-20-21(24-15-6-4-5-7-17(15)27(19)20)29-11-18(28)23-16-10-14(22)9-8-13(16)3/h4-10,12H,11H2,1-3H3,(H,23,28). The molecule has 148 valence electrons. The Morgan fingerprint density at radius 3 is 2.79 bits per heavy atom. The smallest absolute Gasteiger partial charge is 0.234 e. The Kier molecular flexibility index (Phi) is 5.19. The quantitative estimate of drug-likeness (QED) is 0.489. The van der Waals surface area contributed by atoms with E-state index in [1.807, 2.05) is 35.6 Å². The highest BCUT2D eigenvalue weighted by Crippen LogP contribution is 2.28. The van der Waals surface area contributed by atoms with Crippen LogP contribution in [-0.2, 0) is 4.79 Å². The van der Waals surface area contributed by atoms with Crippen LogP contribution in [0.3, 0.4) is 0 Å². The first-order valence-corrected chi connectivity index (χ1v) is 10.2. The van der Waals surface area contributed by atoms with Gasteiger partial charge in [-0.05, 0) is 36.8 Å². The van der Waals surface area contributed by atoms with Gasteiger partial charge in [0.25, 0.3) is 0 Å². The first-order chi connectivity index (χ1) is 13.9. The normalized spacial score (nSPS) is 11.5. The van der Waals surface area contributed by atoms with E-state index in [0.717, 1.165) is 22.4 Å². The number of aryl methyl sites for hydroxylation is 1. The average Bonchev–Trinajstić information content (AvgIpc) is 3.15. The first kappa shape index (κ1) is 19.3. The Morgan fingerprint density at radius 2 is 2.00 bits per heavy atom. The van der Waals surface area contributed by atoms with E-state index in [2.05, 4.69) is 34.3 Å². The van der Waals surface area contributed by atoms with Crippen molar-refractivity contribution in [3.63, 3.8) is 0 Å². The third kappa shape index (κ3) is 3.80. The van der Waals surface area contributed by atoms with Gasteiger partial charge in [-0.1, -0.05) is 43.8 Å². The summed E-state index contributed by atoms with van der Waals surface area (Å²) in [6, 6.07) is 12.1. The molecular formula is C21H20FN5OS. The molecule has 0 spiro atoms. The van der Waals surface area contributed by atoms with E-state index in [9.17, 15) is 9.18 Å². The van der Waals surface area contributed by atoms with E-state index in [-0.39, 0.29) is 23.4 Å². The van der Waals surface area contributed by atoms with Gasteiger partial charge >= 0.3 is 0 Å². The lowest BCUT2D eigenvalue weighted by Crippen LogP contribution is -2.15. The number of para-hydroxylation sites is 2. The molecule has 0 radical (unpaired) electrons. The number of anilines is 1. The Hall–Kier alpha value is -3.00. The molecule has 8 heteroatoms. The monoisotopic (exact) mass is 409 g/mol. The molecular weight excluding hydrogens is 389 g/mol. The van der Waals surface area contributed by atoms with Crippen molar-refractivity contribution in [2.75, 3.05) is 11.1 Å². The Balaban J connectivity index is 1.64. The average molecular weight is 409 g/mol. The van der Waals surface area contributed by atoms with Crippen LogP contribution in [0.25, 0.3) is 16.7 Å². The van der Waals surface area contributed by atoms with Gasteiger partial charge in [-0.2, -0.15) is 0 Å². The van der Waals surface area contributed by atoms with Gasteiger partial charge in [0.2, 0.25) is 5.91 Å². The first-order valence-electron chi connectivity index (χ1n) is 9.26. The molecule has 0 unspecified atom stereocenters. The molecule has 0 bridgehead atoms. The largest absolute Gasteiger partial charge is 0.325 e. The van der Waals surface area contributed by atoms with Crippen LogP contribution in [0.2, 0.25) is 0 Å². The molecule has 29 heavy (non-hydrogen) atoms. The maximum absolute atomic E-state index is 13.5. The molecule has 0 fully saturated rings. The molecule has 2 aromatic heterocycles. The van der Waals surface area contributed by atoms with Crippen molar-refractivity contribution in [1.29, 1.82) is 0 Å². The molecule has 1 N–H and O–H groups in total. The zero-order chi connectivity index (χ0) is 20.5. The molecule has 4 rings (SSSR count). The summed E-state index contributed by atoms with van der Waals surface area (Å²) in [7, 11) is 0. The molecule has 0 saturated carbocycles. The van der Waals surface area contributed by atoms with E-state index in [0.29, 0.717) is 16.4 Å². The lowest BCUT2D eigenvalue weighted by molar-refractivity contribution is -0.113. The van der Waals surface area contributed by atoms with Crippen molar-refractivity contribution in [3.8, 4) is 0 Å². The van der Waals surface area contributed by atoms with E-state index < -0.39 is 0 Å². The van der Waals surface area contributed by atoms with Gasteiger partial charge in [0.05, 0.1) is 16.8 Å². The van der Waals surface area contributed by atoms with Crippen molar-refractivity contribution < 1.29 is 9.18 Å². The maximum Gasteiger partial charge on any atom is 0.234 e. The molecule has 4 aromatic rings. The zero-order valence-corrected chi connectivity index (χ0v) is 17.1. The number of carbonyl (C=O) groups is 1. The van der Waals surface area contributed by atoms with Crippen LogP contribution in [-0.4, -0.2) is 31.2 Å². The van der Waals surface area contributed by atoms with Crippen molar-refractivity contribution in [2.24, 2.45) is 0 Å². The predicted molar refractivity (Wildman–Crippen MR) is 113 cm³/mol. The van der Waals surface area contributed by atoms with Gasteiger partial charge in [-0.3, -0.25) is 9.20 Å². The summed E-state index contributed by atoms with van der Waals surface area (Å²) in [5.74, 6) is 0.538. The van der Waals surface area contributed by atoms with Gasteiger partial charge in [0.15, 0.2) is 5.65 Å². The topological polar surface area (TPSA) is 72.2 Å². The van der Waals surface area contributed by atoms with Crippen LogP contribution in [0.4, 0.5) is 10.1 Å². The second-order valence-corrected chi connectivity index (χ2v) is 8.04. The molecule has 1 amide bonds. The van der Waals surface area contributed by atoms with Crippen LogP contribution < -0.4 is 5.32 Å². The molecule has 2 heterocycles. The van der Waals surface area contributed by atoms with Crippen LogP contribution in [0.5, 0.6) is 0 Å². The van der Waals surface area contributed by atoms with Gasteiger partial charge in [0, 0.05) is 11.6 Å². The number of hydrogen-bond donors (Lipinski definition) is 1. The summed E-state index contributed by atoms with van der Waals surface area (Å²) < 4.78 is 15.5. The number of halogens is 1. The van der Waals surface area contributed by atoms with E-state index in [4.69, 9.17) is 0 Å². The highest BCUT2D eigenvalue weighted by atomic mass is 32.2. The van der Waals surface area contributed by atoms with Crippen LogP contribution >= 0.6 is 11.8 Å². The highest BCUT2D eigenvalue weighted by molar-refractivity contribution is 8.00. The summed E-state index contributed by atoms with van der Waals surface area (Å²) in [5.41, 5.74) is 3.64. The number of amides is 1. The minimum atomic E-state index is -0.388. The lowest BCUT2D eigenvalue weighted by atomic mass is 10.2. The summed E-state index contributed by atoms with van der Waals surface area (Å²) in [4.78, 5) is 17.1. The second-order valence-electron chi connectivity index (χ2n) is 7.07. The zero-order valence-electron chi connectivity index (χ0n) is 16.3. The molecule has 0 aliphatic heterocycles. The van der Waals surface area contributed by atoms with Crippen molar-refractivity contribution in [3.05, 3.63) is 59.7 Å². The van der Waals surface area contributed by atoms with Crippen LogP contribution in [0.15, 0.2) is 47.5 Å². The number of aromatic nitrogens is 4. The summed E-state index contributed by atoms with van der Waals surface area (Å²) in [5, 5.41) is 12.1. The molecule has 0 saturated heterocycles. The van der Waals surface area contributed by atoms with Gasteiger partial charge in [0.1, 0.15) is 16.7 Å². The summed E-state index contributed by atoms with van der Waals surface area (Å²) in [6.07, 6.45) is 0. The van der Waals surface area contributed by atoms with E-state index in [1.165, 1.54) is 23.9 Å². The summed E-state index contributed by atoms with van der Waals surface area (Å²) >= 11 is 1.29.